The van der Waals surface area contributed by atoms with Gasteiger partial charge in [-0.15, -0.1) is 0 Å². The lowest BCUT2D eigenvalue weighted by Crippen LogP contribution is -2.51. The number of carbonyl (C=O) groups is 3. The molecule has 2 aliphatic rings. The molecule has 0 radical (unpaired) electrons. The highest BCUT2D eigenvalue weighted by Gasteiger charge is 2.36. The third-order valence-electron chi connectivity index (χ3n) is 5.86. The number of esters is 1. The molecule has 7 heteroatoms. The van der Waals surface area contributed by atoms with Crippen molar-refractivity contribution in [2.45, 2.75) is 44.2 Å². The molecule has 2 fully saturated rings. The zero-order valence-electron chi connectivity index (χ0n) is 15.9. The smallest absolute Gasteiger partial charge is 0.328 e. The predicted molar refractivity (Wildman–Crippen MR) is 104 cm³/mol. The highest BCUT2D eigenvalue weighted by molar-refractivity contribution is 5.99. The zero-order chi connectivity index (χ0) is 19.7. The Balaban J connectivity index is 1.48. The molecule has 1 aliphatic carbocycles. The second-order valence-corrected chi connectivity index (χ2v) is 7.64. The van der Waals surface area contributed by atoms with Crippen LogP contribution in [0.4, 0.5) is 0 Å². The van der Waals surface area contributed by atoms with Crippen molar-refractivity contribution in [3.05, 3.63) is 36.0 Å². The van der Waals surface area contributed by atoms with Gasteiger partial charge in [0.25, 0.3) is 5.91 Å². The summed E-state index contributed by atoms with van der Waals surface area (Å²) in [4.78, 5) is 37.3. The second-order valence-electron chi connectivity index (χ2n) is 7.64. The lowest BCUT2D eigenvalue weighted by molar-refractivity contribution is -0.142. The molecule has 1 aromatic heterocycles. The Bertz CT molecular complexity index is 920. The number of carbonyl (C=O) groups excluding carboxylic acids is 3. The minimum Gasteiger partial charge on any atom is -0.464 e. The van der Waals surface area contributed by atoms with Gasteiger partial charge in [-0.25, -0.2) is 4.79 Å². The minimum atomic E-state index is -0.566. The van der Waals surface area contributed by atoms with Crippen molar-refractivity contribution >= 4 is 28.7 Å². The van der Waals surface area contributed by atoms with Gasteiger partial charge in [-0.1, -0.05) is 31.0 Å². The van der Waals surface area contributed by atoms with Crippen molar-refractivity contribution in [2.75, 3.05) is 6.61 Å². The van der Waals surface area contributed by atoms with Gasteiger partial charge in [0, 0.05) is 30.4 Å². The number of nitrogens with zero attached hydrogens (tertiary/aromatic N) is 1. The standard InChI is InChI=1S/C21H25N3O4/c1-24-17-9-5-2-6-13(17)12-18(24)20(26)22-15-8-4-3-7-14(15)19(25)23-16-10-11-28-21(16)27/h2,5-6,9,12,14-16H,3-4,7-8,10-11H2,1H3,(H,22,26)(H,23,25)/t14-,15+,16+/m1/s1. The molecule has 2 amide bonds. The van der Waals surface area contributed by atoms with Gasteiger partial charge >= 0.3 is 5.97 Å². The largest absolute Gasteiger partial charge is 0.464 e. The topological polar surface area (TPSA) is 89.4 Å². The monoisotopic (exact) mass is 383 g/mol. The van der Waals surface area contributed by atoms with Gasteiger partial charge in [0.1, 0.15) is 11.7 Å². The maximum atomic E-state index is 12.9. The van der Waals surface area contributed by atoms with Crippen LogP contribution in [0.1, 0.15) is 42.6 Å². The number of hydrogen-bond acceptors (Lipinski definition) is 4. The molecule has 148 valence electrons. The van der Waals surface area contributed by atoms with Gasteiger partial charge in [-0.05, 0) is 25.0 Å². The Morgan fingerprint density at radius 1 is 1.11 bits per heavy atom. The van der Waals surface area contributed by atoms with Crippen LogP contribution in [0.25, 0.3) is 10.9 Å². The number of hydrogen-bond donors (Lipinski definition) is 2. The van der Waals surface area contributed by atoms with Gasteiger partial charge in [0.05, 0.1) is 12.5 Å². The fraction of sp³-hybridized carbons (Fsp3) is 0.476. The molecule has 3 atom stereocenters. The van der Waals surface area contributed by atoms with E-state index >= 15 is 0 Å². The summed E-state index contributed by atoms with van der Waals surface area (Å²) in [5.41, 5.74) is 1.57. The van der Waals surface area contributed by atoms with E-state index in [4.69, 9.17) is 4.74 Å². The van der Waals surface area contributed by atoms with E-state index in [0.717, 1.165) is 30.2 Å². The molecule has 2 N–H and O–H groups in total. The van der Waals surface area contributed by atoms with Crippen LogP contribution < -0.4 is 10.6 Å². The Morgan fingerprint density at radius 2 is 1.89 bits per heavy atom. The summed E-state index contributed by atoms with van der Waals surface area (Å²) >= 11 is 0. The molecular formula is C21H25N3O4. The summed E-state index contributed by atoms with van der Waals surface area (Å²) in [6, 6.07) is 8.91. The van der Waals surface area contributed by atoms with E-state index in [-0.39, 0.29) is 29.7 Å². The van der Waals surface area contributed by atoms with Crippen LogP contribution in [0.15, 0.2) is 30.3 Å². The molecule has 1 aliphatic heterocycles. The molecule has 0 unspecified atom stereocenters. The predicted octanol–water partition coefficient (Wildman–Crippen LogP) is 1.90. The van der Waals surface area contributed by atoms with Crippen molar-refractivity contribution in [1.82, 2.24) is 15.2 Å². The van der Waals surface area contributed by atoms with Crippen LogP contribution in [-0.4, -0.2) is 41.0 Å². The summed E-state index contributed by atoms with van der Waals surface area (Å²) in [6.07, 6.45) is 3.86. The highest BCUT2D eigenvalue weighted by Crippen LogP contribution is 2.26. The Hall–Kier alpha value is -2.83. The SMILES string of the molecule is Cn1c(C(=O)N[C@H]2CCCC[C@H]2C(=O)N[C@H]2CCOC2=O)cc2ccccc21. The first-order valence-corrected chi connectivity index (χ1v) is 9.87. The number of benzene rings is 1. The number of para-hydroxylation sites is 1. The van der Waals surface area contributed by atoms with Crippen molar-refractivity contribution in [3.8, 4) is 0 Å². The van der Waals surface area contributed by atoms with E-state index in [9.17, 15) is 14.4 Å². The summed E-state index contributed by atoms with van der Waals surface area (Å²) in [6.45, 7) is 0.343. The maximum Gasteiger partial charge on any atom is 0.328 e. The minimum absolute atomic E-state index is 0.175. The second kappa shape index (κ2) is 7.66. The molecule has 4 rings (SSSR count). The Labute approximate surface area is 163 Å². The van der Waals surface area contributed by atoms with Gasteiger partial charge < -0.3 is 19.9 Å². The van der Waals surface area contributed by atoms with E-state index in [1.165, 1.54) is 0 Å². The maximum absolute atomic E-state index is 12.9. The lowest BCUT2D eigenvalue weighted by atomic mass is 9.83. The number of aromatic nitrogens is 1. The Morgan fingerprint density at radius 3 is 2.64 bits per heavy atom. The molecule has 7 nitrogen and oxygen atoms in total. The molecule has 1 saturated carbocycles. The first-order chi connectivity index (χ1) is 13.5. The summed E-state index contributed by atoms with van der Waals surface area (Å²) < 4.78 is 6.79. The first kappa shape index (κ1) is 18.5. The molecule has 2 aromatic rings. The third kappa shape index (κ3) is 3.48. The molecule has 0 spiro atoms. The van der Waals surface area contributed by atoms with Gasteiger partial charge in [-0.3, -0.25) is 9.59 Å². The van der Waals surface area contributed by atoms with E-state index in [0.29, 0.717) is 25.1 Å². The number of aryl methyl sites for hydroxylation is 1. The first-order valence-electron chi connectivity index (χ1n) is 9.87. The van der Waals surface area contributed by atoms with Gasteiger partial charge in [0.15, 0.2) is 0 Å². The van der Waals surface area contributed by atoms with Crippen LogP contribution in [0.3, 0.4) is 0 Å². The summed E-state index contributed by atoms with van der Waals surface area (Å²) in [5, 5.41) is 6.88. The highest BCUT2D eigenvalue weighted by atomic mass is 16.5. The van der Waals surface area contributed by atoms with Crippen LogP contribution >= 0.6 is 0 Å². The van der Waals surface area contributed by atoms with Crippen LogP contribution in [-0.2, 0) is 21.4 Å². The fourth-order valence-corrected chi connectivity index (χ4v) is 4.27. The number of cyclic esters (lactones) is 1. The third-order valence-corrected chi connectivity index (χ3v) is 5.86. The molecule has 0 bridgehead atoms. The average Bonchev–Trinajstić information content (AvgIpc) is 3.25. The van der Waals surface area contributed by atoms with E-state index in [2.05, 4.69) is 10.6 Å². The van der Waals surface area contributed by atoms with Crippen molar-refractivity contribution in [2.24, 2.45) is 13.0 Å². The van der Waals surface area contributed by atoms with Crippen molar-refractivity contribution in [1.29, 1.82) is 0 Å². The normalized spacial score (nSPS) is 24.8. The Kier molecular flexibility index (Phi) is 5.07. The summed E-state index contributed by atoms with van der Waals surface area (Å²) in [5.74, 6) is -1.06. The van der Waals surface area contributed by atoms with E-state index in [1.54, 1.807) is 0 Å². The van der Waals surface area contributed by atoms with Crippen LogP contribution in [0.5, 0.6) is 0 Å². The molecular weight excluding hydrogens is 358 g/mol. The quantitative estimate of drug-likeness (QED) is 0.789. The van der Waals surface area contributed by atoms with E-state index in [1.807, 2.05) is 41.9 Å². The fourth-order valence-electron chi connectivity index (χ4n) is 4.27. The molecule has 2 heterocycles. The molecule has 28 heavy (non-hydrogen) atoms. The van der Waals surface area contributed by atoms with Crippen molar-refractivity contribution < 1.29 is 19.1 Å². The van der Waals surface area contributed by atoms with Crippen molar-refractivity contribution in [3.63, 3.8) is 0 Å². The number of amides is 2. The molecule has 1 aromatic carbocycles. The number of fused-ring (bicyclic) bond motifs is 1. The van der Waals surface area contributed by atoms with Gasteiger partial charge in [-0.2, -0.15) is 0 Å². The summed E-state index contributed by atoms with van der Waals surface area (Å²) in [7, 11) is 1.87. The van der Waals surface area contributed by atoms with E-state index < -0.39 is 6.04 Å². The van der Waals surface area contributed by atoms with Gasteiger partial charge in [0.2, 0.25) is 5.91 Å². The molecule has 1 saturated heterocycles. The zero-order valence-corrected chi connectivity index (χ0v) is 15.9. The van der Waals surface area contributed by atoms with Crippen LogP contribution in [0.2, 0.25) is 0 Å². The van der Waals surface area contributed by atoms with Crippen LogP contribution in [0, 0.1) is 5.92 Å². The number of ether oxygens (including phenoxy) is 1. The number of rotatable bonds is 4. The average molecular weight is 383 g/mol. The lowest BCUT2D eigenvalue weighted by Gasteiger charge is -2.31. The number of nitrogens with one attached hydrogen (secondary N) is 2.